The maximum absolute atomic E-state index is 11.9. The molecule has 1 heterocycles. The van der Waals surface area contributed by atoms with E-state index in [1.165, 1.54) is 5.56 Å². The number of esters is 1. The zero-order chi connectivity index (χ0) is 16.1. The zero-order valence-electron chi connectivity index (χ0n) is 12.9. The van der Waals surface area contributed by atoms with Gasteiger partial charge in [-0.05, 0) is 35.7 Å². The molecule has 0 aromatic heterocycles. The highest BCUT2D eigenvalue weighted by Crippen LogP contribution is 2.28. The molecule has 118 valence electrons. The minimum Gasteiger partial charge on any atom is -0.461 e. The van der Waals surface area contributed by atoms with E-state index in [1.54, 1.807) is 0 Å². The Morgan fingerprint density at radius 3 is 2.78 bits per heavy atom. The van der Waals surface area contributed by atoms with E-state index in [0.29, 0.717) is 25.1 Å². The van der Waals surface area contributed by atoms with Crippen molar-refractivity contribution in [3.63, 3.8) is 0 Å². The van der Waals surface area contributed by atoms with Crippen molar-refractivity contribution < 1.29 is 14.3 Å². The molecule has 0 bridgehead atoms. The predicted molar refractivity (Wildman–Crippen MR) is 88.6 cm³/mol. The molecule has 1 aliphatic rings. The second-order valence-electron chi connectivity index (χ2n) is 5.64. The summed E-state index contributed by atoms with van der Waals surface area (Å²) in [6.07, 6.45) is 2.14. The monoisotopic (exact) mass is 309 g/mol. The van der Waals surface area contributed by atoms with Gasteiger partial charge in [0.25, 0.3) is 0 Å². The summed E-state index contributed by atoms with van der Waals surface area (Å²) in [5.41, 5.74) is 3.99. The topological polar surface area (TPSA) is 46.6 Å². The van der Waals surface area contributed by atoms with Crippen LogP contribution in [0.3, 0.4) is 0 Å². The largest absolute Gasteiger partial charge is 0.461 e. The molecular formula is C19H19NO3. The maximum atomic E-state index is 11.9. The third-order valence-electron chi connectivity index (χ3n) is 4.06. The molecule has 2 aromatic carbocycles. The molecule has 23 heavy (non-hydrogen) atoms. The number of hydrogen-bond acceptors (Lipinski definition) is 4. The molecule has 0 fully saturated rings. The van der Waals surface area contributed by atoms with Gasteiger partial charge in [0.15, 0.2) is 0 Å². The third kappa shape index (κ3) is 3.77. The van der Waals surface area contributed by atoms with Crippen molar-refractivity contribution in [3.8, 4) is 0 Å². The highest BCUT2D eigenvalue weighted by atomic mass is 16.5. The van der Waals surface area contributed by atoms with Crippen molar-refractivity contribution in [1.29, 1.82) is 0 Å². The van der Waals surface area contributed by atoms with E-state index in [-0.39, 0.29) is 5.97 Å². The lowest BCUT2D eigenvalue weighted by Gasteiger charge is -2.18. The maximum Gasteiger partial charge on any atom is 0.307 e. The van der Waals surface area contributed by atoms with Crippen LogP contribution in [0, 0.1) is 0 Å². The molecular weight excluding hydrogens is 290 g/mol. The van der Waals surface area contributed by atoms with Crippen molar-refractivity contribution in [2.24, 2.45) is 0 Å². The number of ether oxygens (including phenoxy) is 1. The second-order valence-corrected chi connectivity index (χ2v) is 5.64. The molecule has 0 radical (unpaired) electrons. The van der Waals surface area contributed by atoms with Crippen molar-refractivity contribution in [2.75, 3.05) is 18.0 Å². The van der Waals surface area contributed by atoms with Crippen LogP contribution in [0.25, 0.3) is 0 Å². The van der Waals surface area contributed by atoms with Crippen molar-refractivity contribution in [3.05, 3.63) is 65.2 Å². The van der Waals surface area contributed by atoms with Gasteiger partial charge in [-0.15, -0.1) is 0 Å². The van der Waals surface area contributed by atoms with Gasteiger partial charge in [0.05, 0.1) is 6.42 Å². The molecule has 0 amide bonds. The summed E-state index contributed by atoms with van der Waals surface area (Å²) in [4.78, 5) is 24.9. The van der Waals surface area contributed by atoms with Crippen LogP contribution in [0.4, 0.5) is 5.69 Å². The Hall–Kier alpha value is -2.62. The molecule has 0 N–H and O–H groups in total. The molecule has 0 aliphatic carbocycles. The zero-order valence-corrected chi connectivity index (χ0v) is 12.9. The number of rotatable bonds is 6. The van der Waals surface area contributed by atoms with E-state index in [0.717, 1.165) is 30.5 Å². The average Bonchev–Trinajstić information content (AvgIpc) is 3.01. The molecule has 0 spiro atoms. The predicted octanol–water partition coefficient (Wildman–Crippen LogP) is 3.00. The summed E-state index contributed by atoms with van der Waals surface area (Å²) in [6.45, 7) is 1.84. The standard InChI is InChI=1S/C19H19NO3/c21-13-16-6-7-18-17(12-16)8-10-20(18)11-9-19(22)23-14-15-4-2-1-3-5-15/h1-7,12-13H,8-11,14H2. The first kappa shape index (κ1) is 15.3. The Labute approximate surface area is 135 Å². The number of carbonyl (C=O) groups excluding carboxylic acids is 2. The summed E-state index contributed by atoms with van der Waals surface area (Å²) < 4.78 is 5.30. The lowest BCUT2D eigenvalue weighted by atomic mass is 10.1. The van der Waals surface area contributed by atoms with Crippen LogP contribution in [0.15, 0.2) is 48.5 Å². The van der Waals surface area contributed by atoms with Gasteiger partial charge in [-0.25, -0.2) is 0 Å². The Balaban J connectivity index is 1.50. The van der Waals surface area contributed by atoms with Gasteiger partial charge in [-0.2, -0.15) is 0 Å². The third-order valence-corrected chi connectivity index (χ3v) is 4.06. The first-order chi connectivity index (χ1) is 11.3. The average molecular weight is 309 g/mol. The van der Waals surface area contributed by atoms with Gasteiger partial charge in [-0.3, -0.25) is 9.59 Å². The summed E-state index contributed by atoms with van der Waals surface area (Å²) in [6, 6.07) is 15.4. The summed E-state index contributed by atoms with van der Waals surface area (Å²) in [5, 5.41) is 0. The molecule has 0 atom stereocenters. The smallest absolute Gasteiger partial charge is 0.307 e. The van der Waals surface area contributed by atoms with Crippen molar-refractivity contribution in [1.82, 2.24) is 0 Å². The van der Waals surface area contributed by atoms with Crippen LogP contribution < -0.4 is 4.90 Å². The van der Waals surface area contributed by atoms with Crippen molar-refractivity contribution in [2.45, 2.75) is 19.4 Å². The van der Waals surface area contributed by atoms with Crippen LogP contribution in [0.5, 0.6) is 0 Å². The minimum atomic E-state index is -0.188. The minimum absolute atomic E-state index is 0.188. The Morgan fingerprint density at radius 2 is 2.00 bits per heavy atom. The Bertz CT molecular complexity index is 697. The van der Waals surface area contributed by atoms with Crippen LogP contribution in [-0.4, -0.2) is 25.3 Å². The highest BCUT2D eigenvalue weighted by molar-refractivity contribution is 5.78. The van der Waals surface area contributed by atoms with Crippen LogP contribution >= 0.6 is 0 Å². The quantitative estimate of drug-likeness (QED) is 0.608. The molecule has 0 saturated heterocycles. The van der Waals surface area contributed by atoms with Gasteiger partial charge in [0.2, 0.25) is 0 Å². The fourth-order valence-electron chi connectivity index (χ4n) is 2.83. The van der Waals surface area contributed by atoms with Crippen LogP contribution in [0.2, 0.25) is 0 Å². The Morgan fingerprint density at radius 1 is 1.17 bits per heavy atom. The molecule has 4 heteroatoms. The number of benzene rings is 2. The van der Waals surface area contributed by atoms with Gasteiger partial charge in [0.1, 0.15) is 12.9 Å². The van der Waals surface area contributed by atoms with E-state index in [2.05, 4.69) is 4.90 Å². The van der Waals surface area contributed by atoms with Crippen LogP contribution in [0.1, 0.15) is 27.9 Å². The fourth-order valence-corrected chi connectivity index (χ4v) is 2.83. The van der Waals surface area contributed by atoms with E-state index in [1.807, 2.05) is 48.5 Å². The van der Waals surface area contributed by atoms with Crippen molar-refractivity contribution >= 4 is 17.9 Å². The van der Waals surface area contributed by atoms with E-state index in [4.69, 9.17) is 4.74 Å². The second kappa shape index (κ2) is 7.09. The van der Waals surface area contributed by atoms with Gasteiger partial charge in [-0.1, -0.05) is 30.3 Å². The molecule has 1 aliphatic heterocycles. The van der Waals surface area contributed by atoms with Gasteiger partial charge >= 0.3 is 5.97 Å². The summed E-state index contributed by atoms with van der Waals surface area (Å²) in [5.74, 6) is -0.188. The van der Waals surface area contributed by atoms with Gasteiger partial charge in [0, 0.05) is 24.3 Å². The van der Waals surface area contributed by atoms with E-state index >= 15 is 0 Å². The van der Waals surface area contributed by atoms with E-state index < -0.39 is 0 Å². The number of aldehydes is 1. The molecule has 4 nitrogen and oxygen atoms in total. The molecule has 2 aromatic rings. The molecule has 0 saturated carbocycles. The lowest BCUT2D eigenvalue weighted by Crippen LogP contribution is -2.24. The number of nitrogens with zero attached hydrogens (tertiary/aromatic N) is 1. The van der Waals surface area contributed by atoms with Gasteiger partial charge < -0.3 is 9.64 Å². The first-order valence-corrected chi connectivity index (χ1v) is 7.79. The number of carbonyl (C=O) groups is 2. The molecule has 0 unspecified atom stereocenters. The number of fused-ring (bicyclic) bond motifs is 1. The lowest BCUT2D eigenvalue weighted by molar-refractivity contribution is -0.144. The number of anilines is 1. The van der Waals surface area contributed by atoms with E-state index in [9.17, 15) is 9.59 Å². The number of hydrogen-bond donors (Lipinski definition) is 0. The first-order valence-electron chi connectivity index (χ1n) is 7.79. The molecule has 3 rings (SSSR count). The Kier molecular flexibility index (Phi) is 4.71. The van der Waals surface area contributed by atoms with Crippen LogP contribution in [-0.2, 0) is 22.6 Å². The SMILES string of the molecule is O=Cc1ccc2c(c1)CCN2CCC(=O)OCc1ccccc1. The summed E-state index contributed by atoms with van der Waals surface area (Å²) >= 11 is 0. The fraction of sp³-hybridized carbons (Fsp3) is 0.263. The summed E-state index contributed by atoms with van der Waals surface area (Å²) in [7, 11) is 0. The normalized spacial score (nSPS) is 12.8. The highest BCUT2D eigenvalue weighted by Gasteiger charge is 2.20.